The van der Waals surface area contributed by atoms with Crippen LogP contribution in [0.5, 0.6) is 0 Å². The van der Waals surface area contributed by atoms with Crippen LogP contribution in [0.25, 0.3) is 6.08 Å². The molecule has 0 aliphatic rings. The summed E-state index contributed by atoms with van der Waals surface area (Å²) >= 11 is 5.76. The Kier molecular flexibility index (Phi) is 5.88. The molecule has 0 radical (unpaired) electrons. The number of carbonyl (C=O) groups is 1. The zero-order valence-corrected chi connectivity index (χ0v) is 12.9. The third-order valence-corrected chi connectivity index (χ3v) is 3.37. The van der Waals surface area contributed by atoms with E-state index in [-0.39, 0.29) is 6.61 Å². The van der Waals surface area contributed by atoms with Crippen molar-refractivity contribution < 1.29 is 14.5 Å². The smallest absolute Gasteiger partial charge is 0.338 e. The third kappa shape index (κ3) is 5.23. The monoisotopic (exact) mass is 331 g/mol. The number of benzene rings is 2. The first-order valence-corrected chi connectivity index (χ1v) is 7.26. The molecule has 0 saturated carbocycles. The van der Waals surface area contributed by atoms with Crippen molar-refractivity contribution in [3.8, 4) is 0 Å². The Morgan fingerprint density at radius 2 is 1.87 bits per heavy atom. The third-order valence-electron chi connectivity index (χ3n) is 3.12. The van der Waals surface area contributed by atoms with Crippen molar-refractivity contribution in [1.82, 2.24) is 0 Å². The number of hydrogen-bond acceptors (Lipinski definition) is 4. The van der Waals surface area contributed by atoms with E-state index in [1.54, 1.807) is 36.4 Å². The molecule has 0 bridgehead atoms. The highest BCUT2D eigenvalue weighted by molar-refractivity contribution is 6.30. The molecule has 0 unspecified atom stereocenters. The summed E-state index contributed by atoms with van der Waals surface area (Å²) in [6.45, 7) is 0.185. The van der Waals surface area contributed by atoms with Crippen molar-refractivity contribution in [3.63, 3.8) is 0 Å². The topological polar surface area (TPSA) is 69.4 Å². The van der Waals surface area contributed by atoms with Crippen LogP contribution in [0.3, 0.4) is 0 Å². The number of rotatable bonds is 6. The first-order chi connectivity index (χ1) is 11.1. The van der Waals surface area contributed by atoms with Crippen LogP contribution in [0.15, 0.2) is 54.7 Å². The van der Waals surface area contributed by atoms with E-state index in [9.17, 15) is 14.9 Å². The van der Waals surface area contributed by atoms with E-state index in [0.29, 0.717) is 17.0 Å². The summed E-state index contributed by atoms with van der Waals surface area (Å²) in [5.74, 6) is -0.431. The molecule has 0 amide bonds. The van der Waals surface area contributed by atoms with Crippen molar-refractivity contribution in [2.45, 2.75) is 6.42 Å². The minimum absolute atomic E-state index is 0.185. The minimum Gasteiger partial charge on any atom is -0.462 e. The van der Waals surface area contributed by atoms with E-state index < -0.39 is 10.9 Å². The zero-order valence-electron chi connectivity index (χ0n) is 12.1. The Labute approximate surface area is 138 Å². The van der Waals surface area contributed by atoms with Gasteiger partial charge in [-0.2, -0.15) is 0 Å². The van der Waals surface area contributed by atoms with Crippen molar-refractivity contribution in [1.29, 1.82) is 0 Å². The lowest BCUT2D eigenvalue weighted by Gasteiger charge is -2.07. The average molecular weight is 332 g/mol. The van der Waals surface area contributed by atoms with E-state index in [2.05, 4.69) is 0 Å². The Balaban J connectivity index is 1.95. The van der Waals surface area contributed by atoms with Crippen LogP contribution < -0.4 is 0 Å². The molecule has 2 aromatic rings. The highest BCUT2D eigenvalue weighted by atomic mass is 35.5. The number of ether oxygens (including phenoxy) is 1. The number of hydrogen-bond donors (Lipinski definition) is 0. The van der Waals surface area contributed by atoms with Gasteiger partial charge < -0.3 is 4.74 Å². The molecule has 6 heteroatoms. The lowest BCUT2D eigenvalue weighted by Crippen LogP contribution is -2.08. The predicted molar refractivity (Wildman–Crippen MR) is 87.9 cm³/mol. The molecule has 0 spiro atoms. The van der Waals surface area contributed by atoms with E-state index >= 15 is 0 Å². The van der Waals surface area contributed by atoms with Gasteiger partial charge in [-0.25, -0.2) is 4.79 Å². The predicted octanol–water partition coefficient (Wildman–Crippen LogP) is 3.99. The molecule has 5 nitrogen and oxygen atoms in total. The molecule has 2 rings (SSSR count). The van der Waals surface area contributed by atoms with Crippen molar-refractivity contribution in [2.24, 2.45) is 0 Å². The summed E-state index contributed by atoms with van der Waals surface area (Å²) in [6, 6.07) is 13.7. The fourth-order valence-electron chi connectivity index (χ4n) is 1.99. The number of nitro groups is 1. The molecule has 0 N–H and O–H groups in total. The molecular weight excluding hydrogens is 318 g/mol. The van der Waals surface area contributed by atoms with Gasteiger partial charge in [-0.05, 0) is 35.4 Å². The lowest BCUT2D eigenvalue weighted by atomic mass is 10.1. The summed E-state index contributed by atoms with van der Waals surface area (Å²) < 4.78 is 5.21. The van der Waals surface area contributed by atoms with E-state index in [4.69, 9.17) is 16.3 Å². The molecule has 0 aliphatic heterocycles. The SMILES string of the molecule is O=C(OCCc1ccccc1C=C[N+](=O)[O-])c1ccc(Cl)cc1. The molecule has 0 heterocycles. The van der Waals surface area contributed by atoms with Crippen LogP contribution in [0.1, 0.15) is 21.5 Å². The standard InChI is InChI=1S/C17H14ClNO4/c18-16-7-5-15(6-8-16)17(20)23-12-10-14-4-2-1-3-13(14)9-11-19(21)22/h1-9,11H,10,12H2. The van der Waals surface area contributed by atoms with Gasteiger partial charge in [0.25, 0.3) is 0 Å². The number of nitrogens with zero attached hydrogens (tertiary/aromatic N) is 1. The largest absolute Gasteiger partial charge is 0.462 e. The number of esters is 1. The Hall–Kier alpha value is -2.66. The van der Waals surface area contributed by atoms with Crippen molar-refractivity contribution in [3.05, 3.63) is 86.6 Å². The molecular formula is C17H14ClNO4. The van der Waals surface area contributed by atoms with Crippen LogP contribution in [0.2, 0.25) is 5.02 Å². The molecule has 0 atom stereocenters. The van der Waals surface area contributed by atoms with Crippen LogP contribution in [-0.2, 0) is 11.2 Å². The highest BCUT2D eigenvalue weighted by Crippen LogP contribution is 2.13. The lowest BCUT2D eigenvalue weighted by molar-refractivity contribution is -0.400. The quantitative estimate of drug-likeness (QED) is 0.456. The fourth-order valence-corrected chi connectivity index (χ4v) is 2.11. The molecule has 118 valence electrons. The van der Waals surface area contributed by atoms with Crippen molar-refractivity contribution >= 4 is 23.6 Å². The maximum atomic E-state index is 11.9. The van der Waals surface area contributed by atoms with Gasteiger partial charge in [0, 0.05) is 17.5 Å². The summed E-state index contributed by atoms with van der Waals surface area (Å²) in [6.07, 6.45) is 2.78. The molecule has 2 aromatic carbocycles. The summed E-state index contributed by atoms with van der Waals surface area (Å²) in [5, 5.41) is 11.0. The average Bonchev–Trinajstić information content (AvgIpc) is 2.54. The highest BCUT2D eigenvalue weighted by Gasteiger charge is 2.07. The van der Waals surface area contributed by atoms with Crippen LogP contribution in [0, 0.1) is 10.1 Å². The fraction of sp³-hybridized carbons (Fsp3) is 0.118. The van der Waals surface area contributed by atoms with Gasteiger partial charge >= 0.3 is 5.97 Å². The van der Waals surface area contributed by atoms with Crippen LogP contribution in [0.4, 0.5) is 0 Å². The number of halogens is 1. The minimum atomic E-state index is -0.517. The Bertz CT molecular complexity index is 726. The van der Waals surface area contributed by atoms with E-state index in [1.807, 2.05) is 12.1 Å². The molecule has 0 aromatic heterocycles. The number of carbonyl (C=O) groups excluding carboxylic acids is 1. The van der Waals surface area contributed by atoms with Crippen LogP contribution >= 0.6 is 11.6 Å². The van der Waals surface area contributed by atoms with E-state index in [1.165, 1.54) is 6.08 Å². The molecule has 0 aliphatic carbocycles. The second kappa shape index (κ2) is 8.10. The summed E-state index contributed by atoms with van der Waals surface area (Å²) in [4.78, 5) is 21.8. The maximum Gasteiger partial charge on any atom is 0.338 e. The molecule has 0 fully saturated rings. The van der Waals surface area contributed by atoms with Gasteiger partial charge in [-0.15, -0.1) is 0 Å². The Morgan fingerprint density at radius 3 is 2.57 bits per heavy atom. The first kappa shape index (κ1) is 16.7. The molecule has 0 saturated heterocycles. The summed E-state index contributed by atoms with van der Waals surface area (Å²) in [5.41, 5.74) is 2.03. The normalized spacial score (nSPS) is 10.7. The summed E-state index contributed by atoms with van der Waals surface area (Å²) in [7, 11) is 0. The van der Waals surface area contributed by atoms with Gasteiger partial charge in [0.1, 0.15) is 0 Å². The van der Waals surface area contributed by atoms with Gasteiger partial charge in [-0.1, -0.05) is 35.9 Å². The maximum absolute atomic E-state index is 11.9. The molecule has 23 heavy (non-hydrogen) atoms. The van der Waals surface area contributed by atoms with E-state index in [0.717, 1.165) is 17.3 Å². The van der Waals surface area contributed by atoms with Crippen LogP contribution in [-0.4, -0.2) is 17.5 Å². The second-order valence-electron chi connectivity index (χ2n) is 4.69. The van der Waals surface area contributed by atoms with Crippen molar-refractivity contribution in [2.75, 3.05) is 6.61 Å². The second-order valence-corrected chi connectivity index (χ2v) is 5.13. The van der Waals surface area contributed by atoms with Gasteiger partial charge in [0.05, 0.1) is 17.1 Å². The first-order valence-electron chi connectivity index (χ1n) is 6.88. The van der Waals surface area contributed by atoms with Gasteiger partial charge in [-0.3, -0.25) is 10.1 Å². The zero-order chi connectivity index (χ0) is 16.7. The van der Waals surface area contributed by atoms with Gasteiger partial charge in [0.15, 0.2) is 0 Å². The Morgan fingerprint density at radius 1 is 1.17 bits per heavy atom. The van der Waals surface area contributed by atoms with Gasteiger partial charge in [0.2, 0.25) is 6.20 Å².